The lowest BCUT2D eigenvalue weighted by Crippen LogP contribution is -2.24. The SMILES string of the molecule is C=CCOC(C)OCC(O)CO. The Balaban J connectivity index is 3.29. The van der Waals surface area contributed by atoms with E-state index in [1.54, 1.807) is 13.0 Å². The van der Waals surface area contributed by atoms with Crippen molar-refractivity contribution >= 4 is 0 Å². The highest BCUT2D eigenvalue weighted by molar-refractivity contribution is 4.63. The lowest BCUT2D eigenvalue weighted by atomic mass is 10.4. The zero-order chi connectivity index (χ0) is 9.40. The molecule has 0 amide bonds. The number of hydrogen-bond acceptors (Lipinski definition) is 4. The first-order valence-electron chi connectivity index (χ1n) is 3.83. The molecule has 0 fully saturated rings. The van der Waals surface area contributed by atoms with Gasteiger partial charge in [0.15, 0.2) is 6.29 Å². The van der Waals surface area contributed by atoms with Gasteiger partial charge in [-0.05, 0) is 6.92 Å². The summed E-state index contributed by atoms with van der Waals surface area (Å²) in [5, 5.41) is 17.3. The largest absolute Gasteiger partial charge is 0.394 e. The first-order valence-corrected chi connectivity index (χ1v) is 3.83. The van der Waals surface area contributed by atoms with Crippen LogP contribution < -0.4 is 0 Å². The van der Waals surface area contributed by atoms with Crippen molar-refractivity contribution in [2.24, 2.45) is 0 Å². The molecule has 4 heteroatoms. The molecule has 0 spiro atoms. The molecule has 0 aromatic carbocycles. The van der Waals surface area contributed by atoms with Crippen LogP contribution in [0.25, 0.3) is 0 Å². The molecule has 2 atom stereocenters. The smallest absolute Gasteiger partial charge is 0.155 e. The third kappa shape index (κ3) is 6.30. The molecule has 0 aliphatic carbocycles. The van der Waals surface area contributed by atoms with Gasteiger partial charge in [0.25, 0.3) is 0 Å². The van der Waals surface area contributed by atoms with Crippen molar-refractivity contribution in [3.8, 4) is 0 Å². The Morgan fingerprint density at radius 2 is 2.17 bits per heavy atom. The van der Waals surface area contributed by atoms with Crippen molar-refractivity contribution in [2.45, 2.75) is 19.3 Å². The van der Waals surface area contributed by atoms with Gasteiger partial charge in [-0.2, -0.15) is 0 Å². The lowest BCUT2D eigenvalue weighted by Gasteiger charge is -2.14. The van der Waals surface area contributed by atoms with Gasteiger partial charge < -0.3 is 19.7 Å². The highest BCUT2D eigenvalue weighted by atomic mass is 16.7. The van der Waals surface area contributed by atoms with Crippen LogP contribution >= 0.6 is 0 Å². The third-order valence-corrected chi connectivity index (χ3v) is 1.18. The molecule has 2 unspecified atom stereocenters. The molecule has 0 heterocycles. The van der Waals surface area contributed by atoms with Crippen molar-refractivity contribution in [2.75, 3.05) is 19.8 Å². The highest BCUT2D eigenvalue weighted by Crippen LogP contribution is 1.95. The van der Waals surface area contributed by atoms with Crippen molar-refractivity contribution in [1.82, 2.24) is 0 Å². The second-order valence-electron chi connectivity index (χ2n) is 2.36. The van der Waals surface area contributed by atoms with E-state index in [4.69, 9.17) is 19.7 Å². The summed E-state index contributed by atoms with van der Waals surface area (Å²) in [7, 11) is 0. The summed E-state index contributed by atoms with van der Waals surface area (Å²) in [4.78, 5) is 0. The fourth-order valence-corrected chi connectivity index (χ4v) is 0.551. The molecule has 2 N–H and O–H groups in total. The van der Waals surface area contributed by atoms with Crippen molar-refractivity contribution in [3.63, 3.8) is 0 Å². The number of aliphatic hydroxyl groups is 2. The Morgan fingerprint density at radius 1 is 1.50 bits per heavy atom. The van der Waals surface area contributed by atoms with E-state index in [-0.39, 0.29) is 19.5 Å². The highest BCUT2D eigenvalue weighted by Gasteiger charge is 2.05. The molecule has 72 valence electrons. The fourth-order valence-electron chi connectivity index (χ4n) is 0.551. The molecule has 0 radical (unpaired) electrons. The normalized spacial score (nSPS) is 15.6. The Labute approximate surface area is 72.4 Å². The van der Waals surface area contributed by atoms with Crippen molar-refractivity contribution in [1.29, 1.82) is 0 Å². The van der Waals surface area contributed by atoms with Gasteiger partial charge in [-0.1, -0.05) is 6.08 Å². The van der Waals surface area contributed by atoms with Crippen LogP contribution in [0.15, 0.2) is 12.7 Å². The molecule has 12 heavy (non-hydrogen) atoms. The maximum atomic E-state index is 8.88. The molecule has 0 aromatic rings. The molecule has 0 aliphatic heterocycles. The van der Waals surface area contributed by atoms with Gasteiger partial charge in [-0.3, -0.25) is 0 Å². The van der Waals surface area contributed by atoms with Crippen LogP contribution in [0.3, 0.4) is 0 Å². The Bertz CT molecular complexity index is 116. The third-order valence-electron chi connectivity index (χ3n) is 1.18. The summed E-state index contributed by atoms with van der Waals surface area (Å²) in [6.45, 7) is 5.38. The summed E-state index contributed by atoms with van der Waals surface area (Å²) < 4.78 is 10.1. The zero-order valence-electron chi connectivity index (χ0n) is 7.27. The Kier molecular flexibility index (Phi) is 6.99. The topological polar surface area (TPSA) is 58.9 Å². The molecular formula is C8H16O4. The molecular weight excluding hydrogens is 160 g/mol. The van der Waals surface area contributed by atoms with Crippen LogP contribution in [-0.2, 0) is 9.47 Å². The Morgan fingerprint density at radius 3 is 2.67 bits per heavy atom. The molecule has 0 saturated heterocycles. The predicted octanol–water partition coefficient (Wildman–Crippen LogP) is -0.0952. The van der Waals surface area contributed by atoms with Gasteiger partial charge in [0, 0.05) is 0 Å². The van der Waals surface area contributed by atoms with Gasteiger partial charge in [-0.15, -0.1) is 6.58 Å². The van der Waals surface area contributed by atoms with Gasteiger partial charge in [0.05, 0.1) is 19.8 Å². The minimum atomic E-state index is -0.834. The van der Waals surface area contributed by atoms with E-state index >= 15 is 0 Å². The minimum absolute atomic E-state index is 0.0782. The van der Waals surface area contributed by atoms with Gasteiger partial charge in [0.2, 0.25) is 0 Å². The summed E-state index contributed by atoms with van der Waals surface area (Å²) in [5.41, 5.74) is 0. The van der Waals surface area contributed by atoms with Crippen LogP contribution in [0.1, 0.15) is 6.92 Å². The van der Waals surface area contributed by atoms with E-state index in [0.717, 1.165) is 0 Å². The van der Waals surface area contributed by atoms with Gasteiger partial charge in [0.1, 0.15) is 6.10 Å². The number of rotatable bonds is 7. The van der Waals surface area contributed by atoms with Crippen molar-refractivity contribution in [3.05, 3.63) is 12.7 Å². The number of hydrogen-bond donors (Lipinski definition) is 2. The average Bonchev–Trinajstić information content (AvgIpc) is 2.10. The quantitative estimate of drug-likeness (QED) is 0.420. The monoisotopic (exact) mass is 176 g/mol. The van der Waals surface area contributed by atoms with E-state index in [2.05, 4.69) is 6.58 Å². The van der Waals surface area contributed by atoms with E-state index in [1.165, 1.54) is 0 Å². The Hall–Kier alpha value is -0.420. The maximum absolute atomic E-state index is 8.88. The molecule has 0 aromatic heterocycles. The van der Waals surface area contributed by atoms with Gasteiger partial charge in [-0.25, -0.2) is 0 Å². The zero-order valence-corrected chi connectivity index (χ0v) is 7.27. The van der Waals surface area contributed by atoms with E-state index < -0.39 is 6.10 Å². The summed E-state index contributed by atoms with van der Waals surface area (Å²) in [5.74, 6) is 0. The summed E-state index contributed by atoms with van der Waals surface area (Å²) in [6, 6.07) is 0. The fraction of sp³-hybridized carbons (Fsp3) is 0.750. The molecule has 0 rings (SSSR count). The van der Waals surface area contributed by atoms with Crippen molar-refractivity contribution < 1.29 is 19.7 Å². The van der Waals surface area contributed by atoms with Gasteiger partial charge >= 0.3 is 0 Å². The van der Waals surface area contributed by atoms with Crippen LogP contribution in [0, 0.1) is 0 Å². The van der Waals surface area contributed by atoms with Crippen LogP contribution in [0.2, 0.25) is 0 Å². The first-order chi connectivity index (χ1) is 5.70. The molecule has 0 aliphatic rings. The average molecular weight is 176 g/mol. The number of aliphatic hydroxyl groups excluding tert-OH is 2. The second-order valence-corrected chi connectivity index (χ2v) is 2.36. The van der Waals surface area contributed by atoms with E-state index in [1.807, 2.05) is 0 Å². The number of ether oxygens (including phenoxy) is 2. The maximum Gasteiger partial charge on any atom is 0.155 e. The van der Waals surface area contributed by atoms with E-state index in [0.29, 0.717) is 6.61 Å². The molecule has 4 nitrogen and oxygen atoms in total. The second kappa shape index (κ2) is 7.24. The minimum Gasteiger partial charge on any atom is -0.394 e. The molecule has 0 saturated carbocycles. The lowest BCUT2D eigenvalue weighted by molar-refractivity contribution is -0.143. The first kappa shape index (κ1) is 11.6. The molecule has 0 bridgehead atoms. The standard InChI is InChI=1S/C8H16O4/c1-3-4-11-7(2)12-6-8(10)5-9/h3,7-10H,1,4-6H2,2H3. The van der Waals surface area contributed by atoms with Crippen LogP contribution in [0.5, 0.6) is 0 Å². The predicted molar refractivity (Wildman–Crippen MR) is 44.7 cm³/mol. The van der Waals surface area contributed by atoms with E-state index in [9.17, 15) is 0 Å². The summed E-state index contributed by atoms with van der Waals surface area (Å²) >= 11 is 0. The van der Waals surface area contributed by atoms with Crippen LogP contribution in [-0.4, -0.2) is 42.4 Å². The summed E-state index contributed by atoms with van der Waals surface area (Å²) in [6.07, 6.45) is 0.395. The van der Waals surface area contributed by atoms with Crippen LogP contribution in [0.4, 0.5) is 0 Å².